The summed E-state index contributed by atoms with van der Waals surface area (Å²) < 4.78 is 4.45. The van der Waals surface area contributed by atoms with Crippen LogP contribution < -0.4 is 0 Å². The number of benzene rings is 1. The number of carbonyl (C=O) groups excluding carboxylic acids is 1. The highest BCUT2D eigenvalue weighted by Gasteiger charge is 2.12. The summed E-state index contributed by atoms with van der Waals surface area (Å²) in [7, 11) is 1.19. The molecule has 0 unspecified atom stereocenters. The summed E-state index contributed by atoms with van der Waals surface area (Å²) >= 11 is 5.85. The lowest BCUT2D eigenvalue weighted by Crippen LogP contribution is -2.04. The average molecular weight is 255 g/mol. The lowest BCUT2D eigenvalue weighted by molar-refractivity contribution is -0.136. The normalized spacial score (nSPS) is 12.4. The summed E-state index contributed by atoms with van der Waals surface area (Å²) in [6.45, 7) is 1.32. The van der Waals surface area contributed by atoms with Gasteiger partial charge in [-0.1, -0.05) is 23.7 Å². The molecule has 0 spiro atoms. The van der Waals surface area contributed by atoms with E-state index in [0.717, 1.165) is 0 Å². The molecule has 0 atom stereocenters. The summed E-state index contributed by atoms with van der Waals surface area (Å²) in [4.78, 5) is 11.2. The molecule has 5 nitrogen and oxygen atoms in total. The standard InChI is InChI=1S/C11H11ClN2O3/c1-7(15)10(11(16)17-2)14-13-9-6-4-3-5-8(9)12/h3-6,15H,1-2H3/b10-7-,14-13?. The molecule has 1 aromatic carbocycles. The zero-order valence-electron chi connectivity index (χ0n) is 9.35. The fraction of sp³-hybridized carbons (Fsp3) is 0.182. The highest BCUT2D eigenvalue weighted by molar-refractivity contribution is 6.32. The third-order valence-electron chi connectivity index (χ3n) is 1.83. The molecule has 0 aliphatic rings. The van der Waals surface area contributed by atoms with E-state index in [4.69, 9.17) is 11.6 Å². The number of aliphatic hydroxyl groups excluding tert-OH is 1. The van der Waals surface area contributed by atoms with Crippen LogP contribution in [0.2, 0.25) is 5.02 Å². The number of hydrogen-bond donors (Lipinski definition) is 1. The Bertz CT molecular complexity index is 479. The quantitative estimate of drug-likeness (QED) is 0.389. The minimum Gasteiger partial charge on any atom is -0.510 e. The third kappa shape index (κ3) is 3.57. The molecule has 0 fully saturated rings. The molecule has 0 aliphatic carbocycles. The lowest BCUT2D eigenvalue weighted by Gasteiger charge is -2.00. The van der Waals surface area contributed by atoms with Crippen molar-refractivity contribution in [2.45, 2.75) is 6.92 Å². The van der Waals surface area contributed by atoms with E-state index in [9.17, 15) is 9.90 Å². The van der Waals surface area contributed by atoms with Crippen molar-refractivity contribution in [2.24, 2.45) is 10.2 Å². The molecule has 0 saturated carbocycles. The summed E-state index contributed by atoms with van der Waals surface area (Å²) in [6, 6.07) is 6.75. The third-order valence-corrected chi connectivity index (χ3v) is 2.15. The van der Waals surface area contributed by atoms with Gasteiger partial charge >= 0.3 is 5.97 Å². The van der Waals surface area contributed by atoms with Crippen molar-refractivity contribution in [1.82, 2.24) is 0 Å². The molecule has 0 bridgehead atoms. The number of allylic oxidation sites excluding steroid dienone is 1. The van der Waals surface area contributed by atoms with E-state index in [-0.39, 0.29) is 11.5 Å². The zero-order chi connectivity index (χ0) is 12.8. The number of methoxy groups -OCH3 is 1. The van der Waals surface area contributed by atoms with Gasteiger partial charge in [0.2, 0.25) is 5.70 Å². The van der Waals surface area contributed by atoms with Crippen LogP contribution in [0.3, 0.4) is 0 Å². The number of aliphatic hydroxyl groups is 1. The number of carbonyl (C=O) groups is 1. The van der Waals surface area contributed by atoms with E-state index < -0.39 is 5.97 Å². The number of esters is 1. The number of nitrogens with zero attached hydrogens (tertiary/aromatic N) is 2. The second-order valence-electron chi connectivity index (χ2n) is 3.08. The van der Waals surface area contributed by atoms with Crippen molar-refractivity contribution in [3.8, 4) is 0 Å². The number of azo groups is 1. The van der Waals surface area contributed by atoms with Gasteiger partial charge in [-0.05, 0) is 19.1 Å². The predicted octanol–water partition coefficient (Wildman–Crippen LogP) is 3.39. The molecule has 0 amide bonds. The summed E-state index contributed by atoms with van der Waals surface area (Å²) in [5, 5.41) is 17.0. The van der Waals surface area contributed by atoms with Gasteiger partial charge in [0.05, 0.1) is 12.1 Å². The maximum atomic E-state index is 11.2. The molecular formula is C11H11ClN2O3. The van der Waals surface area contributed by atoms with Crippen LogP contribution in [0.25, 0.3) is 0 Å². The van der Waals surface area contributed by atoms with Crippen molar-refractivity contribution < 1.29 is 14.6 Å². The molecule has 0 aromatic heterocycles. The van der Waals surface area contributed by atoms with Gasteiger partial charge in [0.25, 0.3) is 0 Å². The number of halogens is 1. The van der Waals surface area contributed by atoms with Gasteiger partial charge in [0, 0.05) is 0 Å². The van der Waals surface area contributed by atoms with Gasteiger partial charge in [-0.2, -0.15) is 0 Å². The summed E-state index contributed by atoms with van der Waals surface area (Å²) in [5.41, 5.74) is 0.143. The van der Waals surface area contributed by atoms with Crippen molar-refractivity contribution in [1.29, 1.82) is 0 Å². The van der Waals surface area contributed by atoms with Crippen LogP contribution in [0.4, 0.5) is 5.69 Å². The SMILES string of the molecule is COC(=O)/C(N=Nc1ccccc1Cl)=C(\C)O. The van der Waals surface area contributed by atoms with E-state index in [0.29, 0.717) is 10.7 Å². The number of ether oxygens (including phenoxy) is 1. The molecule has 0 saturated heterocycles. The molecular weight excluding hydrogens is 244 g/mol. The Morgan fingerprint density at radius 2 is 2.06 bits per heavy atom. The van der Waals surface area contributed by atoms with Crippen LogP contribution in [0.5, 0.6) is 0 Å². The first kappa shape index (κ1) is 13.2. The van der Waals surface area contributed by atoms with Crippen LogP contribution in [0.15, 0.2) is 46.0 Å². The van der Waals surface area contributed by atoms with Crippen LogP contribution in [-0.2, 0) is 9.53 Å². The van der Waals surface area contributed by atoms with Gasteiger partial charge < -0.3 is 9.84 Å². The van der Waals surface area contributed by atoms with Crippen molar-refractivity contribution in [3.63, 3.8) is 0 Å². The number of rotatable bonds is 3. The number of hydrogen-bond acceptors (Lipinski definition) is 5. The lowest BCUT2D eigenvalue weighted by atomic mass is 10.3. The van der Waals surface area contributed by atoms with E-state index in [1.165, 1.54) is 14.0 Å². The molecule has 6 heteroatoms. The Morgan fingerprint density at radius 1 is 1.41 bits per heavy atom. The second kappa shape index (κ2) is 6.00. The van der Waals surface area contributed by atoms with Gasteiger partial charge in [-0.15, -0.1) is 10.2 Å². The smallest absolute Gasteiger partial charge is 0.362 e. The molecule has 17 heavy (non-hydrogen) atoms. The first-order valence-electron chi connectivity index (χ1n) is 4.70. The zero-order valence-corrected chi connectivity index (χ0v) is 10.1. The largest absolute Gasteiger partial charge is 0.510 e. The maximum Gasteiger partial charge on any atom is 0.362 e. The first-order valence-corrected chi connectivity index (χ1v) is 5.08. The molecule has 1 N–H and O–H groups in total. The molecule has 1 aromatic rings. The molecule has 90 valence electrons. The van der Waals surface area contributed by atoms with E-state index >= 15 is 0 Å². The van der Waals surface area contributed by atoms with E-state index in [2.05, 4.69) is 15.0 Å². The fourth-order valence-electron chi connectivity index (χ4n) is 0.994. The van der Waals surface area contributed by atoms with E-state index in [1.54, 1.807) is 24.3 Å². The minimum absolute atomic E-state index is 0.257. The van der Waals surface area contributed by atoms with Gasteiger partial charge in [0.1, 0.15) is 11.4 Å². The average Bonchev–Trinajstić information content (AvgIpc) is 2.30. The van der Waals surface area contributed by atoms with Crippen molar-refractivity contribution >= 4 is 23.3 Å². The van der Waals surface area contributed by atoms with Gasteiger partial charge in [-0.3, -0.25) is 0 Å². The molecule has 0 radical (unpaired) electrons. The topological polar surface area (TPSA) is 71.2 Å². The Labute approximate surface area is 103 Å². The highest BCUT2D eigenvalue weighted by Crippen LogP contribution is 2.24. The van der Waals surface area contributed by atoms with Crippen LogP contribution in [-0.4, -0.2) is 18.2 Å². The molecule has 0 heterocycles. The highest BCUT2D eigenvalue weighted by atomic mass is 35.5. The summed E-state index contributed by atoms with van der Waals surface area (Å²) in [5.74, 6) is -1.03. The Hall–Kier alpha value is -1.88. The Kier molecular flexibility index (Phi) is 4.66. The fourth-order valence-corrected chi connectivity index (χ4v) is 1.17. The maximum absolute atomic E-state index is 11.2. The minimum atomic E-state index is -0.763. The van der Waals surface area contributed by atoms with Crippen LogP contribution in [0, 0.1) is 0 Å². The van der Waals surface area contributed by atoms with Crippen molar-refractivity contribution in [2.75, 3.05) is 7.11 Å². The van der Waals surface area contributed by atoms with Crippen molar-refractivity contribution in [3.05, 3.63) is 40.7 Å². The molecule has 1 rings (SSSR count). The summed E-state index contributed by atoms with van der Waals surface area (Å²) in [6.07, 6.45) is 0. The Morgan fingerprint density at radius 3 is 2.59 bits per heavy atom. The van der Waals surface area contributed by atoms with Crippen LogP contribution in [0.1, 0.15) is 6.92 Å². The monoisotopic (exact) mass is 254 g/mol. The first-order chi connectivity index (χ1) is 8.06. The van der Waals surface area contributed by atoms with Crippen LogP contribution >= 0.6 is 11.6 Å². The second-order valence-corrected chi connectivity index (χ2v) is 3.48. The Balaban J connectivity index is 3.01. The predicted molar refractivity (Wildman–Crippen MR) is 63.3 cm³/mol. The van der Waals surface area contributed by atoms with E-state index in [1.807, 2.05) is 0 Å². The van der Waals surface area contributed by atoms with Gasteiger partial charge in [0.15, 0.2) is 0 Å². The van der Waals surface area contributed by atoms with Gasteiger partial charge in [-0.25, -0.2) is 4.79 Å². The molecule has 0 aliphatic heterocycles.